The van der Waals surface area contributed by atoms with Crippen LogP contribution in [0.3, 0.4) is 0 Å². The molecule has 0 aliphatic heterocycles. The average molecular weight is 273 g/mol. The largest absolute Gasteiger partial charge is 0.484 e. The fourth-order valence-electron chi connectivity index (χ4n) is 1.40. The summed E-state index contributed by atoms with van der Waals surface area (Å²) < 4.78 is 29.4. The first kappa shape index (κ1) is 15.8. The van der Waals surface area contributed by atoms with Gasteiger partial charge in [0.15, 0.2) is 5.75 Å². The van der Waals surface area contributed by atoms with Gasteiger partial charge in [-0.15, -0.1) is 0 Å². The van der Waals surface area contributed by atoms with Gasteiger partial charge in [-0.1, -0.05) is 27.7 Å². The Hall–Kier alpha value is -1.30. The van der Waals surface area contributed by atoms with Crippen LogP contribution in [0.1, 0.15) is 45.1 Å². The number of nitrogens with zero attached hydrogens (tertiary/aromatic N) is 2. The van der Waals surface area contributed by atoms with E-state index in [1.807, 2.05) is 27.7 Å². The van der Waals surface area contributed by atoms with Gasteiger partial charge in [-0.2, -0.15) is 0 Å². The van der Waals surface area contributed by atoms with Gasteiger partial charge in [0.2, 0.25) is 0 Å². The molecule has 0 spiro atoms. The van der Waals surface area contributed by atoms with Crippen molar-refractivity contribution in [3.05, 3.63) is 17.7 Å². The first-order chi connectivity index (χ1) is 8.90. The normalized spacial score (nSPS) is 11.6. The number of hydrogen-bond acceptors (Lipinski definition) is 4. The van der Waals surface area contributed by atoms with E-state index >= 15 is 0 Å². The topological polar surface area (TPSA) is 47.0 Å². The minimum absolute atomic E-state index is 0.182. The summed E-state index contributed by atoms with van der Waals surface area (Å²) in [6.45, 7) is 7.80. The van der Waals surface area contributed by atoms with Crippen molar-refractivity contribution in [1.82, 2.24) is 15.3 Å². The molecule has 19 heavy (non-hydrogen) atoms. The maximum absolute atomic E-state index is 12.2. The average Bonchev–Trinajstić information content (AvgIpc) is 2.33. The van der Waals surface area contributed by atoms with Crippen molar-refractivity contribution in [3.63, 3.8) is 0 Å². The number of aromatic nitrogens is 2. The highest BCUT2D eigenvalue weighted by Crippen LogP contribution is 2.19. The Morgan fingerprint density at radius 3 is 2.47 bits per heavy atom. The lowest BCUT2D eigenvalue weighted by Gasteiger charge is -2.14. The van der Waals surface area contributed by atoms with Crippen molar-refractivity contribution in [3.8, 4) is 5.75 Å². The highest BCUT2D eigenvalue weighted by Gasteiger charge is 2.13. The Balaban J connectivity index is 2.87. The lowest BCUT2D eigenvalue weighted by atomic mass is 10.2. The summed E-state index contributed by atoms with van der Waals surface area (Å²) in [7, 11) is 0. The molecule has 1 aromatic heterocycles. The molecule has 0 aliphatic rings. The zero-order chi connectivity index (χ0) is 14.4. The molecule has 0 amide bonds. The van der Waals surface area contributed by atoms with Gasteiger partial charge in [0.25, 0.3) is 6.43 Å². The standard InChI is InChI=1S/C13H21F2N3O/c1-8(2)13-17-6-11(19-7-12(14)15)10(18-13)5-16-9(3)4/h6,8-9,12,16H,5,7H2,1-4H3. The van der Waals surface area contributed by atoms with Gasteiger partial charge in [-0.25, -0.2) is 18.7 Å². The van der Waals surface area contributed by atoms with Crippen molar-refractivity contribution in [1.29, 1.82) is 0 Å². The van der Waals surface area contributed by atoms with E-state index in [4.69, 9.17) is 4.74 Å². The third-order valence-electron chi connectivity index (χ3n) is 2.41. The molecule has 1 N–H and O–H groups in total. The van der Waals surface area contributed by atoms with Crippen molar-refractivity contribution < 1.29 is 13.5 Å². The summed E-state index contributed by atoms with van der Waals surface area (Å²) in [6.07, 6.45) is -1.03. The van der Waals surface area contributed by atoms with Crippen LogP contribution in [-0.4, -0.2) is 29.0 Å². The molecule has 1 aromatic rings. The number of alkyl halides is 2. The zero-order valence-corrected chi connectivity index (χ0v) is 11.8. The molecular formula is C13H21F2N3O. The van der Waals surface area contributed by atoms with E-state index in [0.29, 0.717) is 23.8 Å². The SMILES string of the molecule is CC(C)NCc1nc(C(C)C)ncc1OCC(F)F. The number of hydrogen-bond donors (Lipinski definition) is 1. The summed E-state index contributed by atoms with van der Waals surface area (Å²) in [5, 5.41) is 3.20. The third kappa shape index (κ3) is 5.46. The molecule has 108 valence electrons. The molecule has 6 heteroatoms. The highest BCUT2D eigenvalue weighted by atomic mass is 19.3. The number of rotatable bonds is 7. The van der Waals surface area contributed by atoms with Crippen molar-refractivity contribution in [2.45, 2.75) is 52.6 Å². The summed E-state index contributed by atoms with van der Waals surface area (Å²) >= 11 is 0. The van der Waals surface area contributed by atoms with Crippen LogP contribution in [-0.2, 0) is 6.54 Å². The van der Waals surface area contributed by atoms with Crippen LogP contribution in [0.15, 0.2) is 6.20 Å². The molecular weight excluding hydrogens is 252 g/mol. The van der Waals surface area contributed by atoms with Crippen LogP contribution in [0.25, 0.3) is 0 Å². The summed E-state index contributed by atoms with van der Waals surface area (Å²) in [5.41, 5.74) is 0.619. The van der Waals surface area contributed by atoms with Gasteiger partial charge in [-0.3, -0.25) is 0 Å². The van der Waals surface area contributed by atoms with Gasteiger partial charge in [0.05, 0.1) is 11.9 Å². The van der Waals surface area contributed by atoms with Crippen LogP contribution in [0, 0.1) is 0 Å². The van der Waals surface area contributed by atoms with E-state index < -0.39 is 13.0 Å². The molecule has 0 aliphatic carbocycles. The molecule has 0 bridgehead atoms. The van der Waals surface area contributed by atoms with E-state index in [1.165, 1.54) is 6.20 Å². The van der Waals surface area contributed by atoms with E-state index in [-0.39, 0.29) is 12.0 Å². The van der Waals surface area contributed by atoms with Crippen LogP contribution in [0.4, 0.5) is 8.78 Å². The second-order valence-corrected chi connectivity index (χ2v) is 4.93. The first-order valence-corrected chi connectivity index (χ1v) is 6.40. The minimum Gasteiger partial charge on any atom is -0.484 e. The lowest BCUT2D eigenvalue weighted by molar-refractivity contribution is 0.0808. The number of nitrogens with one attached hydrogen (secondary N) is 1. The number of halogens is 2. The molecule has 1 heterocycles. The fourth-order valence-corrected chi connectivity index (χ4v) is 1.40. The Morgan fingerprint density at radius 2 is 1.95 bits per heavy atom. The maximum atomic E-state index is 12.2. The van der Waals surface area contributed by atoms with Crippen molar-refractivity contribution in [2.75, 3.05) is 6.61 Å². The van der Waals surface area contributed by atoms with Crippen molar-refractivity contribution >= 4 is 0 Å². The van der Waals surface area contributed by atoms with Gasteiger partial charge in [-0.05, 0) is 0 Å². The van der Waals surface area contributed by atoms with Crippen LogP contribution < -0.4 is 10.1 Å². The van der Waals surface area contributed by atoms with Crippen LogP contribution >= 0.6 is 0 Å². The van der Waals surface area contributed by atoms with Crippen LogP contribution in [0.5, 0.6) is 5.75 Å². The smallest absolute Gasteiger partial charge is 0.272 e. The van der Waals surface area contributed by atoms with E-state index in [2.05, 4.69) is 15.3 Å². The Kier molecular flexibility index (Phi) is 6.08. The highest BCUT2D eigenvalue weighted by molar-refractivity contribution is 5.25. The van der Waals surface area contributed by atoms with E-state index in [9.17, 15) is 8.78 Å². The second kappa shape index (κ2) is 7.33. The van der Waals surface area contributed by atoms with Crippen LogP contribution in [0.2, 0.25) is 0 Å². The maximum Gasteiger partial charge on any atom is 0.272 e. The predicted octanol–water partition coefficient (Wildman–Crippen LogP) is 2.74. The molecule has 0 atom stereocenters. The van der Waals surface area contributed by atoms with E-state index in [0.717, 1.165) is 0 Å². The van der Waals surface area contributed by atoms with E-state index in [1.54, 1.807) is 0 Å². The minimum atomic E-state index is -2.50. The molecule has 1 rings (SSSR count). The summed E-state index contributed by atoms with van der Waals surface area (Å²) in [6, 6.07) is 0.278. The molecule has 4 nitrogen and oxygen atoms in total. The Bertz CT molecular complexity index is 397. The Morgan fingerprint density at radius 1 is 1.26 bits per heavy atom. The second-order valence-electron chi connectivity index (χ2n) is 4.93. The summed E-state index contributed by atoms with van der Waals surface area (Å²) in [5.74, 6) is 1.18. The molecule has 0 saturated carbocycles. The van der Waals surface area contributed by atoms with Gasteiger partial charge in [0, 0.05) is 18.5 Å². The Labute approximate surface area is 112 Å². The summed E-state index contributed by atoms with van der Waals surface area (Å²) in [4.78, 5) is 8.51. The third-order valence-corrected chi connectivity index (χ3v) is 2.41. The first-order valence-electron chi connectivity index (χ1n) is 6.40. The monoisotopic (exact) mass is 273 g/mol. The fraction of sp³-hybridized carbons (Fsp3) is 0.692. The van der Waals surface area contributed by atoms with Gasteiger partial charge >= 0.3 is 0 Å². The molecule has 0 radical (unpaired) electrons. The van der Waals surface area contributed by atoms with Gasteiger partial charge < -0.3 is 10.1 Å². The zero-order valence-electron chi connectivity index (χ0n) is 11.8. The molecule has 0 saturated heterocycles. The molecule has 0 aromatic carbocycles. The quantitative estimate of drug-likeness (QED) is 0.830. The predicted molar refractivity (Wildman–Crippen MR) is 69.6 cm³/mol. The van der Waals surface area contributed by atoms with Gasteiger partial charge in [0.1, 0.15) is 12.4 Å². The molecule has 0 fully saturated rings. The molecule has 0 unspecified atom stereocenters. The number of ether oxygens (including phenoxy) is 1. The lowest BCUT2D eigenvalue weighted by Crippen LogP contribution is -2.23. The van der Waals surface area contributed by atoms with Crippen molar-refractivity contribution in [2.24, 2.45) is 0 Å².